The second-order valence-electron chi connectivity index (χ2n) is 9.56. The van der Waals surface area contributed by atoms with Crippen molar-refractivity contribution in [3.63, 3.8) is 0 Å². The second kappa shape index (κ2) is 9.49. The van der Waals surface area contributed by atoms with E-state index in [0.29, 0.717) is 42.7 Å². The van der Waals surface area contributed by atoms with Crippen LogP contribution >= 0.6 is 0 Å². The van der Waals surface area contributed by atoms with Crippen molar-refractivity contribution in [2.45, 2.75) is 70.4 Å². The van der Waals surface area contributed by atoms with E-state index in [9.17, 15) is 14.7 Å². The molecule has 0 unspecified atom stereocenters. The van der Waals surface area contributed by atoms with Crippen molar-refractivity contribution in [1.82, 2.24) is 25.1 Å². The van der Waals surface area contributed by atoms with Crippen molar-refractivity contribution in [1.29, 1.82) is 0 Å². The van der Waals surface area contributed by atoms with Crippen LogP contribution in [0.15, 0.2) is 30.7 Å². The molecule has 0 saturated heterocycles. The van der Waals surface area contributed by atoms with Crippen LogP contribution < -0.4 is 5.32 Å². The van der Waals surface area contributed by atoms with Gasteiger partial charge >= 0.3 is 5.97 Å². The van der Waals surface area contributed by atoms with Crippen molar-refractivity contribution in [3.05, 3.63) is 53.2 Å². The third-order valence-electron chi connectivity index (χ3n) is 7.16. The minimum atomic E-state index is -0.754. The lowest BCUT2D eigenvalue weighted by Crippen LogP contribution is -2.39. The zero-order chi connectivity index (χ0) is 24.5. The predicted octanol–water partition coefficient (Wildman–Crippen LogP) is 4.06. The zero-order valence-electron chi connectivity index (χ0n) is 20.0. The molecule has 5 rings (SSSR count). The molecule has 1 aromatic carbocycles. The maximum absolute atomic E-state index is 13.4. The highest BCUT2D eigenvalue weighted by atomic mass is 16.4. The average molecular weight is 472 g/mol. The first-order valence-electron chi connectivity index (χ1n) is 12.2. The van der Waals surface area contributed by atoms with E-state index in [2.05, 4.69) is 32.2 Å². The standard InChI is InChI=1S/C27H29N5O3/c1-3-4-17-9-12-21(26(33)31-20-10-7-19(8-11-20)27(34)35)25-22(17)13-30-32(25)16(2)23-14-29-24(15-28-23)18-5-6-18/h9,12-16,18-20H,5-8,10-11H2,1-2H3,(H,31,33)(H,34,35)/t16-,19?,20?/m0/s1. The molecule has 2 aliphatic rings. The van der Waals surface area contributed by atoms with Crippen molar-refractivity contribution in [2.75, 3.05) is 0 Å². The smallest absolute Gasteiger partial charge is 0.306 e. The van der Waals surface area contributed by atoms with Crippen LogP contribution in [0.1, 0.15) is 91.6 Å². The fourth-order valence-electron chi connectivity index (χ4n) is 4.91. The van der Waals surface area contributed by atoms with E-state index < -0.39 is 5.97 Å². The van der Waals surface area contributed by atoms with Gasteiger partial charge in [-0.25, -0.2) is 0 Å². The lowest BCUT2D eigenvalue weighted by Gasteiger charge is -2.27. The number of carboxylic acids is 1. The van der Waals surface area contributed by atoms with Crippen LogP contribution in [-0.2, 0) is 4.79 Å². The molecule has 1 atom stereocenters. The number of aliphatic carboxylic acids is 1. The number of carbonyl (C=O) groups is 2. The van der Waals surface area contributed by atoms with Gasteiger partial charge in [0.1, 0.15) is 0 Å². The number of nitrogens with zero attached hydrogens (tertiary/aromatic N) is 4. The quantitative estimate of drug-likeness (QED) is 0.525. The molecule has 2 saturated carbocycles. The maximum Gasteiger partial charge on any atom is 0.306 e. The molecule has 3 aromatic rings. The molecule has 2 heterocycles. The molecule has 0 bridgehead atoms. The molecule has 35 heavy (non-hydrogen) atoms. The van der Waals surface area contributed by atoms with Gasteiger partial charge in [0.05, 0.1) is 46.8 Å². The van der Waals surface area contributed by atoms with Gasteiger partial charge in [0, 0.05) is 29.1 Å². The number of nitrogens with one attached hydrogen (secondary N) is 1. The third-order valence-corrected chi connectivity index (χ3v) is 7.16. The topological polar surface area (TPSA) is 110 Å². The van der Waals surface area contributed by atoms with E-state index in [1.165, 1.54) is 12.8 Å². The Morgan fingerprint density at radius 2 is 1.86 bits per heavy atom. The number of amides is 1. The van der Waals surface area contributed by atoms with Gasteiger partial charge in [-0.1, -0.05) is 5.92 Å². The lowest BCUT2D eigenvalue weighted by molar-refractivity contribution is -0.142. The first kappa shape index (κ1) is 23.0. The molecule has 2 aromatic heterocycles. The van der Waals surface area contributed by atoms with Gasteiger partial charge < -0.3 is 10.4 Å². The van der Waals surface area contributed by atoms with Crippen LogP contribution in [0, 0.1) is 17.8 Å². The summed E-state index contributed by atoms with van der Waals surface area (Å²) >= 11 is 0. The van der Waals surface area contributed by atoms with E-state index in [-0.39, 0.29) is 23.9 Å². The molecule has 0 spiro atoms. The first-order valence-corrected chi connectivity index (χ1v) is 12.2. The van der Waals surface area contributed by atoms with Crippen LogP contribution in [0.2, 0.25) is 0 Å². The predicted molar refractivity (Wildman–Crippen MR) is 131 cm³/mol. The van der Waals surface area contributed by atoms with Crippen LogP contribution in [0.25, 0.3) is 10.9 Å². The van der Waals surface area contributed by atoms with Crippen molar-refractivity contribution >= 4 is 22.8 Å². The summed E-state index contributed by atoms with van der Waals surface area (Å²) < 4.78 is 1.83. The number of carbonyl (C=O) groups excluding carboxylic acids is 1. The molecule has 2 N–H and O–H groups in total. The second-order valence-corrected chi connectivity index (χ2v) is 9.56. The fraction of sp³-hybridized carbons (Fsp3) is 0.444. The zero-order valence-corrected chi connectivity index (χ0v) is 20.0. The maximum atomic E-state index is 13.4. The van der Waals surface area contributed by atoms with E-state index in [4.69, 9.17) is 0 Å². The molecule has 180 valence electrons. The number of carboxylic acid groups (broad SMARTS) is 1. The van der Waals surface area contributed by atoms with Crippen LogP contribution in [0.3, 0.4) is 0 Å². The minimum Gasteiger partial charge on any atom is -0.481 e. The number of aromatic nitrogens is 4. The number of hydrogen-bond donors (Lipinski definition) is 2. The first-order chi connectivity index (χ1) is 17.0. The Bertz CT molecular complexity index is 1320. The van der Waals surface area contributed by atoms with Crippen LogP contribution in [-0.4, -0.2) is 42.8 Å². The van der Waals surface area contributed by atoms with Crippen LogP contribution in [0.4, 0.5) is 0 Å². The summed E-state index contributed by atoms with van der Waals surface area (Å²) in [6.45, 7) is 3.78. The monoisotopic (exact) mass is 471 g/mol. The lowest BCUT2D eigenvalue weighted by atomic mass is 9.86. The van der Waals surface area contributed by atoms with Gasteiger partial charge in [-0.05, 0) is 64.5 Å². The summed E-state index contributed by atoms with van der Waals surface area (Å²) in [4.78, 5) is 33.9. The Morgan fingerprint density at radius 1 is 1.09 bits per heavy atom. The van der Waals surface area contributed by atoms with E-state index >= 15 is 0 Å². The molecule has 2 fully saturated rings. The Kier molecular flexibility index (Phi) is 6.25. The average Bonchev–Trinajstić information content (AvgIpc) is 3.62. The summed E-state index contributed by atoms with van der Waals surface area (Å²) in [7, 11) is 0. The number of fused-ring (bicyclic) bond motifs is 1. The summed E-state index contributed by atoms with van der Waals surface area (Å²) in [5.74, 6) is 5.32. The SMILES string of the molecule is CC#Cc1ccc(C(=O)NC2CCC(C(=O)O)CC2)c2c1cnn2[C@@H](C)c1cnc(C2CC2)cn1. The molecule has 0 aliphatic heterocycles. The largest absolute Gasteiger partial charge is 0.481 e. The third kappa shape index (κ3) is 4.63. The van der Waals surface area contributed by atoms with Gasteiger partial charge in [-0.2, -0.15) is 5.10 Å². The number of rotatable bonds is 6. The number of hydrogen-bond acceptors (Lipinski definition) is 5. The van der Waals surface area contributed by atoms with Gasteiger partial charge in [-0.15, -0.1) is 5.92 Å². The Balaban J connectivity index is 1.46. The Hall–Kier alpha value is -3.73. The Labute approximate surface area is 204 Å². The fourth-order valence-corrected chi connectivity index (χ4v) is 4.91. The molecule has 8 nitrogen and oxygen atoms in total. The molecule has 2 aliphatic carbocycles. The molecule has 8 heteroatoms. The van der Waals surface area contributed by atoms with Gasteiger partial charge in [0.25, 0.3) is 5.91 Å². The highest BCUT2D eigenvalue weighted by molar-refractivity contribution is 6.07. The Morgan fingerprint density at radius 3 is 2.49 bits per heavy atom. The highest BCUT2D eigenvalue weighted by Crippen LogP contribution is 2.38. The van der Waals surface area contributed by atoms with Gasteiger partial charge in [0.2, 0.25) is 0 Å². The number of benzene rings is 1. The summed E-state index contributed by atoms with van der Waals surface area (Å²) in [5, 5.41) is 17.8. The van der Waals surface area contributed by atoms with Crippen molar-refractivity contribution in [3.8, 4) is 11.8 Å². The molecule has 0 radical (unpaired) electrons. The molecular weight excluding hydrogens is 442 g/mol. The summed E-state index contributed by atoms with van der Waals surface area (Å²) in [5.41, 5.74) is 3.86. The molecular formula is C27H29N5O3. The summed E-state index contributed by atoms with van der Waals surface area (Å²) in [6, 6.07) is 3.39. The highest BCUT2D eigenvalue weighted by Gasteiger charge is 2.29. The minimum absolute atomic E-state index is 0.0436. The van der Waals surface area contributed by atoms with Gasteiger partial charge in [0.15, 0.2) is 0 Å². The van der Waals surface area contributed by atoms with Gasteiger partial charge in [-0.3, -0.25) is 24.2 Å². The normalized spacial score (nSPS) is 20.6. The van der Waals surface area contributed by atoms with Crippen LogP contribution in [0.5, 0.6) is 0 Å². The van der Waals surface area contributed by atoms with Crippen molar-refractivity contribution in [2.24, 2.45) is 5.92 Å². The molecule has 1 amide bonds. The van der Waals surface area contributed by atoms with Crippen molar-refractivity contribution < 1.29 is 14.7 Å². The van der Waals surface area contributed by atoms with E-state index in [1.807, 2.05) is 30.1 Å². The van der Waals surface area contributed by atoms with E-state index in [0.717, 1.165) is 22.3 Å². The van der Waals surface area contributed by atoms with E-state index in [1.54, 1.807) is 19.2 Å². The summed E-state index contributed by atoms with van der Waals surface area (Å²) in [6.07, 6.45) is 10.2.